The molecule has 2 aromatic heterocycles. The van der Waals surface area contributed by atoms with Gasteiger partial charge in [-0.1, -0.05) is 0 Å². The van der Waals surface area contributed by atoms with Crippen molar-refractivity contribution in [3.63, 3.8) is 0 Å². The lowest BCUT2D eigenvalue weighted by Crippen LogP contribution is -2.26. The van der Waals surface area contributed by atoms with Crippen LogP contribution in [0.5, 0.6) is 0 Å². The Morgan fingerprint density at radius 2 is 2.05 bits per heavy atom. The molecule has 0 aliphatic rings. The van der Waals surface area contributed by atoms with Crippen LogP contribution < -0.4 is 0 Å². The summed E-state index contributed by atoms with van der Waals surface area (Å²) in [5, 5.41) is 1.93. The maximum Gasteiger partial charge on any atom is 0.433 e. The number of thiophene rings is 1. The largest absolute Gasteiger partial charge is 0.433 e. The molecule has 0 aliphatic carbocycles. The van der Waals surface area contributed by atoms with E-state index in [1.807, 2.05) is 18.4 Å². The SMILES string of the molecule is Cc1ccsc1CN(C)C(=O)c1ccc(C(F)(F)F)nc1. The molecule has 0 saturated heterocycles. The zero-order valence-electron chi connectivity index (χ0n) is 11.4. The number of carbonyl (C=O) groups excluding carboxylic acids is 1. The molecule has 0 fully saturated rings. The first-order valence-corrected chi connectivity index (χ1v) is 6.98. The molecule has 0 radical (unpaired) electrons. The van der Waals surface area contributed by atoms with Crippen molar-refractivity contribution in [3.8, 4) is 0 Å². The molecule has 0 unspecified atom stereocenters. The monoisotopic (exact) mass is 314 g/mol. The second-order valence-corrected chi connectivity index (χ2v) is 5.62. The number of halogens is 3. The van der Waals surface area contributed by atoms with Crippen molar-refractivity contribution in [2.24, 2.45) is 0 Å². The lowest BCUT2D eigenvalue weighted by atomic mass is 10.2. The van der Waals surface area contributed by atoms with Crippen molar-refractivity contribution in [3.05, 3.63) is 51.5 Å². The Morgan fingerprint density at radius 1 is 1.33 bits per heavy atom. The predicted octanol–water partition coefficient (Wildman–Crippen LogP) is 3.74. The molecule has 0 N–H and O–H groups in total. The number of aromatic nitrogens is 1. The molecular weight excluding hydrogens is 301 g/mol. The Kier molecular flexibility index (Phi) is 4.32. The number of hydrogen-bond donors (Lipinski definition) is 0. The van der Waals surface area contributed by atoms with E-state index in [1.54, 1.807) is 7.05 Å². The van der Waals surface area contributed by atoms with E-state index >= 15 is 0 Å². The van der Waals surface area contributed by atoms with Crippen LogP contribution in [-0.2, 0) is 12.7 Å². The first-order valence-electron chi connectivity index (χ1n) is 6.10. The first-order chi connectivity index (χ1) is 9.79. The Hall–Kier alpha value is -1.89. The van der Waals surface area contributed by atoms with Crippen molar-refractivity contribution < 1.29 is 18.0 Å². The van der Waals surface area contributed by atoms with Crippen molar-refractivity contribution >= 4 is 17.2 Å². The van der Waals surface area contributed by atoms with E-state index in [-0.39, 0.29) is 11.5 Å². The quantitative estimate of drug-likeness (QED) is 0.864. The molecule has 2 rings (SSSR count). The number of alkyl halides is 3. The number of rotatable bonds is 3. The lowest BCUT2D eigenvalue weighted by Gasteiger charge is -2.17. The molecule has 3 nitrogen and oxygen atoms in total. The van der Waals surface area contributed by atoms with Gasteiger partial charge in [0.1, 0.15) is 5.69 Å². The van der Waals surface area contributed by atoms with Crippen LogP contribution in [0.3, 0.4) is 0 Å². The molecule has 0 spiro atoms. The number of amides is 1. The molecule has 0 bridgehead atoms. The summed E-state index contributed by atoms with van der Waals surface area (Å²) in [4.78, 5) is 18.0. The van der Waals surface area contributed by atoms with Gasteiger partial charge in [-0.3, -0.25) is 9.78 Å². The number of pyridine rings is 1. The van der Waals surface area contributed by atoms with Gasteiger partial charge in [-0.05, 0) is 36.1 Å². The Bertz CT molecular complexity index is 634. The highest BCUT2D eigenvalue weighted by atomic mass is 32.1. The summed E-state index contributed by atoms with van der Waals surface area (Å²) < 4.78 is 37.3. The fourth-order valence-electron chi connectivity index (χ4n) is 1.76. The highest BCUT2D eigenvalue weighted by Gasteiger charge is 2.32. The highest BCUT2D eigenvalue weighted by molar-refractivity contribution is 7.10. The van der Waals surface area contributed by atoms with E-state index in [9.17, 15) is 18.0 Å². The third-order valence-corrected chi connectivity index (χ3v) is 4.00. The molecule has 0 saturated carbocycles. The Morgan fingerprint density at radius 3 is 2.52 bits per heavy atom. The van der Waals surface area contributed by atoms with Crippen LogP contribution in [0.15, 0.2) is 29.8 Å². The number of aryl methyl sites for hydroxylation is 1. The van der Waals surface area contributed by atoms with Crippen LogP contribution in [0.4, 0.5) is 13.2 Å². The minimum absolute atomic E-state index is 0.139. The maximum atomic E-state index is 12.4. The maximum absolute atomic E-state index is 12.4. The first kappa shape index (κ1) is 15.5. The summed E-state index contributed by atoms with van der Waals surface area (Å²) in [6, 6.07) is 3.92. The van der Waals surface area contributed by atoms with Crippen LogP contribution in [-0.4, -0.2) is 22.8 Å². The molecular formula is C14H13F3N2OS. The summed E-state index contributed by atoms with van der Waals surface area (Å²) >= 11 is 1.54. The molecule has 2 aromatic rings. The van der Waals surface area contributed by atoms with E-state index in [0.717, 1.165) is 28.8 Å². The minimum Gasteiger partial charge on any atom is -0.337 e. The topological polar surface area (TPSA) is 33.2 Å². The van der Waals surface area contributed by atoms with Crippen molar-refractivity contribution in [1.29, 1.82) is 0 Å². The van der Waals surface area contributed by atoms with Crippen LogP contribution in [0, 0.1) is 6.92 Å². The predicted molar refractivity (Wildman–Crippen MR) is 74.1 cm³/mol. The number of hydrogen-bond acceptors (Lipinski definition) is 3. The second-order valence-electron chi connectivity index (χ2n) is 4.62. The standard InChI is InChI=1S/C14H13F3N2OS/c1-9-5-6-21-11(9)8-19(2)13(20)10-3-4-12(18-7-10)14(15,16)17/h3-7H,8H2,1-2H3. The van der Waals surface area contributed by atoms with Gasteiger partial charge in [-0.2, -0.15) is 13.2 Å². The van der Waals surface area contributed by atoms with Crippen molar-refractivity contribution in [1.82, 2.24) is 9.88 Å². The third-order valence-electron chi connectivity index (χ3n) is 3.00. The summed E-state index contributed by atoms with van der Waals surface area (Å²) in [5.74, 6) is -0.357. The normalized spacial score (nSPS) is 11.5. The summed E-state index contributed by atoms with van der Waals surface area (Å²) in [5.41, 5.74) is 0.223. The minimum atomic E-state index is -4.50. The van der Waals surface area contributed by atoms with E-state index in [0.29, 0.717) is 6.54 Å². The lowest BCUT2D eigenvalue weighted by molar-refractivity contribution is -0.141. The number of nitrogens with zero attached hydrogens (tertiary/aromatic N) is 2. The van der Waals surface area contributed by atoms with Gasteiger partial charge in [0.15, 0.2) is 0 Å². The van der Waals surface area contributed by atoms with Gasteiger partial charge < -0.3 is 4.90 Å². The molecule has 1 amide bonds. The van der Waals surface area contributed by atoms with Crippen LogP contribution >= 0.6 is 11.3 Å². The van der Waals surface area contributed by atoms with Gasteiger partial charge in [-0.25, -0.2) is 0 Å². The fraction of sp³-hybridized carbons (Fsp3) is 0.286. The molecule has 0 aliphatic heterocycles. The van der Waals surface area contributed by atoms with Gasteiger partial charge >= 0.3 is 6.18 Å². The second kappa shape index (κ2) is 5.85. The Labute approximate surface area is 124 Å². The molecule has 112 valence electrons. The molecule has 21 heavy (non-hydrogen) atoms. The third kappa shape index (κ3) is 3.60. The van der Waals surface area contributed by atoms with E-state index in [4.69, 9.17) is 0 Å². The summed E-state index contributed by atoms with van der Waals surface area (Å²) in [7, 11) is 1.61. The van der Waals surface area contributed by atoms with Crippen LogP contribution in [0.1, 0.15) is 26.5 Å². The average Bonchev–Trinajstić information content (AvgIpc) is 2.82. The van der Waals surface area contributed by atoms with Gasteiger partial charge in [0.05, 0.1) is 12.1 Å². The summed E-state index contributed by atoms with van der Waals surface area (Å²) in [6.07, 6.45) is -3.54. The highest BCUT2D eigenvalue weighted by Crippen LogP contribution is 2.27. The molecule has 0 aromatic carbocycles. The molecule has 7 heteroatoms. The van der Waals surface area contributed by atoms with E-state index < -0.39 is 11.9 Å². The zero-order chi connectivity index (χ0) is 15.6. The van der Waals surface area contributed by atoms with Gasteiger partial charge in [0.2, 0.25) is 0 Å². The van der Waals surface area contributed by atoms with E-state index in [1.165, 1.54) is 16.2 Å². The smallest absolute Gasteiger partial charge is 0.337 e. The average molecular weight is 314 g/mol. The van der Waals surface area contributed by atoms with Crippen LogP contribution in [0.2, 0.25) is 0 Å². The van der Waals surface area contributed by atoms with Crippen molar-refractivity contribution in [2.45, 2.75) is 19.6 Å². The number of carbonyl (C=O) groups is 1. The molecule has 2 heterocycles. The molecule has 0 atom stereocenters. The van der Waals surface area contributed by atoms with Gasteiger partial charge in [-0.15, -0.1) is 11.3 Å². The Balaban J connectivity index is 2.11. The van der Waals surface area contributed by atoms with Crippen molar-refractivity contribution in [2.75, 3.05) is 7.05 Å². The van der Waals surface area contributed by atoms with Gasteiger partial charge in [0, 0.05) is 18.1 Å². The van der Waals surface area contributed by atoms with E-state index in [2.05, 4.69) is 4.98 Å². The fourth-order valence-corrected chi connectivity index (χ4v) is 2.72. The zero-order valence-corrected chi connectivity index (χ0v) is 12.3. The summed E-state index contributed by atoms with van der Waals surface area (Å²) in [6.45, 7) is 2.37. The van der Waals surface area contributed by atoms with Gasteiger partial charge in [0.25, 0.3) is 5.91 Å². The van der Waals surface area contributed by atoms with Crippen LogP contribution in [0.25, 0.3) is 0 Å².